The average Bonchev–Trinajstić information content (AvgIpc) is 2.65. The van der Waals surface area contributed by atoms with Crippen molar-refractivity contribution in [3.8, 4) is 0 Å². The summed E-state index contributed by atoms with van der Waals surface area (Å²) in [6, 6.07) is 4.50. The number of halogens is 2. The summed E-state index contributed by atoms with van der Waals surface area (Å²) in [6.07, 6.45) is 9.78. The Labute approximate surface area is 151 Å². The maximum Gasteiger partial charge on any atom is 0.154 e. The maximum atomic E-state index is 14.5. The summed E-state index contributed by atoms with van der Waals surface area (Å²) in [4.78, 5) is 0. The molecule has 1 fully saturated rings. The number of allylic oxidation sites excluding steroid dienone is 2. The van der Waals surface area contributed by atoms with E-state index in [0.717, 1.165) is 54.2 Å². The van der Waals surface area contributed by atoms with Crippen LogP contribution in [-0.4, -0.2) is 31.2 Å². The third-order valence-electron chi connectivity index (χ3n) is 4.88. The minimum atomic E-state index is -0.811. The number of rotatable bonds is 3. The van der Waals surface area contributed by atoms with E-state index in [2.05, 4.69) is 27.3 Å². The van der Waals surface area contributed by atoms with Crippen molar-refractivity contribution in [1.29, 1.82) is 0 Å². The predicted octanol–water partition coefficient (Wildman–Crippen LogP) is 1.33. The van der Waals surface area contributed by atoms with Crippen LogP contribution >= 0.6 is 11.6 Å². The van der Waals surface area contributed by atoms with Crippen LogP contribution in [0.1, 0.15) is 18.4 Å². The number of hydrogen-bond donors (Lipinski definition) is 4. The Bertz CT molecular complexity index is 840. The van der Waals surface area contributed by atoms with Crippen LogP contribution in [0.2, 0.25) is 0 Å². The number of fused-ring (bicyclic) bond motifs is 1. The summed E-state index contributed by atoms with van der Waals surface area (Å²) in [5.74, 6) is -0.338. The van der Waals surface area contributed by atoms with Crippen molar-refractivity contribution in [2.45, 2.75) is 24.4 Å². The van der Waals surface area contributed by atoms with E-state index in [1.54, 1.807) is 12.3 Å². The highest BCUT2D eigenvalue weighted by Gasteiger charge is 2.20. The number of anilines is 1. The molecule has 4 rings (SSSR count). The van der Waals surface area contributed by atoms with Gasteiger partial charge in [0.2, 0.25) is 0 Å². The molecule has 6 heteroatoms. The molecule has 25 heavy (non-hydrogen) atoms. The monoisotopic (exact) mass is 360 g/mol. The van der Waals surface area contributed by atoms with Gasteiger partial charge in [-0.25, -0.2) is 4.39 Å². The highest BCUT2D eigenvalue weighted by molar-refractivity contribution is 6.22. The third kappa shape index (κ3) is 3.39. The first-order chi connectivity index (χ1) is 12.2. The second-order valence-corrected chi connectivity index (χ2v) is 7.01. The number of benzene rings is 1. The molecule has 0 amide bonds. The lowest BCUT2D eigenvalue weighted by molar-refractivity contribution is 0.479. The quantitative estimate of drug-likeness (QED) is 0.485. The molecule has 0 bridgehead atoms. The van der Waals surface area contributed by atoms with Crippen LogP contribution in [0.25, 0.3) is 17.8 Å². The van der Waals surface area contributed by atoms with Gasteiger partial charge in [-0.15, -0.1) is 0 Å². The number of nitrogens with one attached hydrogen (secondary N) is 4. The van der Waals surface area contributed by atoms with Crippen LogP contribution in [0.15, 0.2) is 30.2 Å². The van der Waals surface area contributed by atoms with Crippen LogP contribution in [0.5, 0.6) is 0 Å². The fraction of sp³-hybridized carbons (Fsp3) is 0.368. The highest BCUT2D eigenvalue weighted by Crippen LogP contribution is 2.28. The lowest BCUT2D eigenvalue weighted by Crippen LogP contribution is -2.40. The van der Waals surface area contributed by atoms with Gasteiger partial charge in [0.25, 0.3) is 0 Å². The molecule has 1 aromatic carbocycles. The van der Waals surface area contributed by atoms with Crippen LogP contribution < -0.4 is 31.7 Å². The molecule has 1 aromatic rings. The van der Waals surface area contributed by atoms with Gasteiger partial charge in [-0.3, -0.25) is 0 Å². The van der Waals surface area contributed by atoms with Gasteiger partial charge in [-0.1, -0.05) is 17.7 Å². The molecule has 132 valence electrons. The zero-order valence-electron chi connectivity index (χ0n) is 13.9. The number of piperidine rings is 1. The Morgan fingerprint density at radius 2 is 2.04 bits per heavy atom. The molecule has 0 spiro atoms. The van der Waals surface area contributed by atoms with E-state index >= 15 is 0 Å². The Balaban J connectivity index is 1.78. The zero-order chi connectivity index (χ0) is 17.2. The Hall–Kier alpha value is -1.98. The van der Waals surface area contributed by atoms with Gasteiger partial charge in [-0.05, 0) is 61.1 Å². The molecule has 3 aliphatic heterocycles. The van der Waals surface area contributed by atoms with Crippen molar-refractivity contribution >= 4 is 35.1 Å². The van der Waals surface area contributed by atoms with Crippen molar-refractivity contribution in [3.63, 3.8) is 0 Å². The minimum Gasteiger partial charge on any atom is -0.387 e. The fourth-order valence-corrected chi connectivity index (χ4v) is 3.73. The van der Waals surface area contributed by atoms with Crippen LogP contribution in [-0.2, 0) is 0 Å². The Morgan fingerprint density at radius 1 is 1.20 bits per heavy atom. The van der Waals surface area contributed by atoms with Crippen LogP contribution in [0.4, 0.5) is 10.1 Å². The summed E-state index contributed by atoms with van der Waals surface area (Å²) >= 11 is 6.01. The number of dihydropyridines is 1. The molecule has 0 aromatic heterocycles. The Morgan fingerprint density at radius 3 is 2.88 bits per heavy atom. The van der Waals surface area contributed by atoms with Crippen molar-refractivity contribution in [2.75, 3.05) is 25.0 Å². The smallest absolute Gasteiger partial charge is 0.154 e. The molecule has 3 aliphatic rings. The highest BCUT2D eigenvalue weighted by atomic mass is 35.5. The average molecular weight is 361 g/mol. The van der Waals surface area contributed by atoms with Crippen molar-refractivity contribution in [1.82, 2.24) is 16.0 Å². The van der Waals surface area contributed by atoms with E-state index in [0.29, 0.717) is 11.6 Å². The van der Waals surface area contributed by atoms with Gasteiger partial charge in [0.05, 0.1) is 0 Å². The first-order valence-corrected chi connectivity index (χ1v) is 9.18. The topological polar surface area (TPSA) is 48.1 Å². The molecule has 3 heterocycles. The molecule has 1 saturated heterocycles. The number of alkyl halides is 1. The normalized spacial score (nSPS) is 23.0. The largest absolute Gasteiger partial charge is 0.387 e. The SMILES string of the molecule is FC1=C(c2cc(NC3CCNCC3)c3c(c2)=CCNC=3)C=CNC1Cl. The molecule has 0 saturated carbocycles. The second kappa shape index (κ2) is 7.10. The molecule has 0 radical (unpaired) electrons. The van der Waals surface area contributed by atoms with Gasteiger partial charge >= 0.3 is 0 Å². The summed E-state index contributed by atoms with van der Waals surface area (Å²) < 4.78 is 14.5. The number of hydrogen-bond acceptors (Lipinski definition) is 4. The minimum absolute atomic E-state index is 0.338. The van der Waals surface area contributed by atoms with E-state index in [1.807, 2.05) is 18.3 Å². The van der Waals surface area contributed by atoms with Gasteiger partial charge < -0.3 is 21.3 Å². The van der Waals surface area contributed by atoms with Crippen LogP contribution in [0.3, 0.4) is 0 Å². The van der Waals surface area contributed by atoms with Gasteiger partial charge in [0.15, 0.2) is 5.50 Å². The lowest BCUT2D eigenvalue weighted by Gasteiger charge is -2.26. The molecule has 4 nitrogen and oxygen atoms in total. The van der Waals surface area contributed by atoms with Gasteiger partial charge in [0.1, 0.15) is 5.83 Å². The van der Waals surface area contributed by atoms with Crippen LogP contribution in [0, 0.1) is 0 Å². The standard InChI is InChI=1S/C19H22ClFN4/c20-19-18(21)15(4-8-24-19)13-9-12-1-5-23-11-16(12)17(10-13)25-14-2-6-22-7-3-14/h1,4,8-11,14,19,22-25H,2-3,5-7H2. The van der Waals surface area contributed by atoms with Gasteiger partial charge in [-0.2, -0.15) is 0 Å². The molecule has 0 aliphatic carbocycles. The first-order valence-electron chi connectivity index (χ1n) is 8.74. The second-order valence-electron chi connectivity index (χ2n) is 6.58. The molecule has 1 atom stereocenters. The third-order valence-corrected chi connectivity index (χ3v) is 5.20. The fourth-order valence-electron chi connectivity index (χ4n) is 3.54. The van der Waals surface area contributed by atoms with Crippen molar-refractivity contribution in [3.05, 3.63) is 46.2 Å². The lowest BCUT2D eigenvalue weighted by atomic mass is 9.98. The molecular weight excluding hydrogens is 339 g/mol. The summed E-state index contributed by atoms with van der Waals surface area (Å²) in [6.45, 7) is 2.83. The summed E-state index contributed by atoms with van der Waals surface area (Å²) in [5, 5.41) is 15.3. The van der Waals surface area contributed by atoms with E-state index in [9.17, 15) is 4.39 Å². The van der Waals surface area contributed by atoms with E-state index < -0.39 is 5.50 Å². The molecule has 4 N–H and O–H groups in total. The van der Waals surface area contributed by atoms with Gasteiger partial charge in [0, 0.05) is 35.3 Å². The Kier molecular flexibility index (Phi) is 4.68. The molecular formula is C19H22ClFN4. The summed E-state index contributed by atoms with van der Waals surface area (Å²) in [7, 11) is 0. The van der Waals surface area contributed by atoms with Crippen molar-refractivity contribution in [2.24, 2.45) is 0 Å². The zero-order valence-corrected chi connectivity index (χ0v) is 14.7. The van der Waals surface area contributed by atoms with Crippen molar-refractivity contribution < 1.29 is 4.39 Å². The maximum absolute atomic E-state index is 14.5. The predicted molar refractivity (Wildman–Crippen MR) is 102 cm³/mol. The molecule has 1 unspecified atom stereocenters. The van der Waals surface area contributed by atoms with E-state index in [1.165, 1.54) is 0 Å². The summed E-state index contributed by atoms with van der Waals surface area (Å²) in [5.41, 5.74) is 1.62. The first kappa shape index (κ1) is 16.5. The van der Waals surface area contributed by atoms with E-state index in [-0.39, 0.29) is 5.83 Å². The van der Waals surface area contributed by atoms with E-state index in [4.69, 9.17) is 11.6 Å².